The third kappa shape index (κ3) is 2.81. The Morgan fingerprint density at radius 2 is 1.39 bits per heavy atom. The summed E-state index contributed by atoms with van der Waals surface area (Å²) in [6.07, 6.45) is 4.00. The summed E-state index contributed by atoms with van der Waals surface area (Å²) in [6, 6.07) is 18.3. The summed E-state index contributed by atoms with van der Waals surface area (Å²) in [7, 11) is 4.36. The van der Waals surface area contributed by atoms with Crippen LogP contribution >= 0.6 is 12.4 Å². The highest BCUT2D eigenvalue weighted by molar-refractivity contribution is 5.85. The van der Waals surface area contributed by atoms with Crippen LogP contribution in [0.5, 0.6) is 0 Å². The molecule has 122 valence electrons. The number of nitrogens with zero attached hydrogens (tertiary/aromatic N) is 1. The van der Waals surface area contributed by atoms with E-state index >= 15 is 0 Å². The van der Waals surface area contributed by atoms with Crippen molar-refractivity contribution in [1.82, 2.24) is 4.90 Å². The predicted octanol–water partition coefficient (Wildman–Crippen LogP) is 5.05. The molecule has 0 radical (unpaired) electrons. The Morgan fingerprint density at radius 1 is 0.870 bits per heavy atom. The van der Waals surface area contributed by atoms with E-state index in [4.69, 9.17) is 0 Å². The highest BCUT2D eigenvalue weighted by Gasteiger charge is 2.42. The van der Waals surface area contributed by atoms with Gasteiger partial charge in [-0.05, 0) is 68.1 Å². The second kappa shape index (κ2) is 6.67. The molecular weight excluding hydrogens is 302 g/mol. The molecule has 1 atom stereocenters. The van der Waals surface area contributed by atoms with Crippen molar-refractivity contribution in [2.75, 3.05) is 20.6 Å². The molecule has 0 spiro atoms. The summed E-state index contributed by atoms with van der Waals surface area (Å²) in [6.45, 7) is 1.21. The van der Waals surface area contributed by atoms with Gasteiger partial charge < -0.3 is 4.90 Å². The van der Waals surface area contributed by atoms with Crippen LogP contribution in [0.4, 0.5) is 0 Å². The van der Waals surface area contributed by atoms with E-state index in [9.17, 15) is 0 Å². The average Bonchev–Trinajstić information content (AvgIpc) is 2.55. The smallest absolute Gasteiger partial charge is 0.0124 e. The summed E-state index contributed by atoms with van der Waals surface area (Å²) >= 11 is 0. The largest absolute Gasteiger partial charge is 0.309 e. The summed E-state index contributed by atoms with van der Waals surface area (Å²) in [4.78, 5) is 2.31. The lowest BCUT2D eigenvalue weighted by molar-refractivity contribution is 0.304. The molecule has 0 saturated heterocycles. The maximum Gasteiger partial charge on any atom is 0.0124 e. The lowest BCUT2D eigenvalue weighted by atomic mass is 9.58. The molecule has 3 aliphatic rings. The number of rotatable bonds is 4. The maximum atomic E-state index is 2.38. The fourth-order valence-electron chi connectivity index (χ4n) is 4.71. The lowest BCUT2D eigenvalue weighted by Crippen LogP contribution is -2.32. The third-order valence-electron chi connectivity index (χ3n) is 5.60. The highest BCUT2D eigenvalue weighted by atomic mass is 35.5. The first-order valence-electron chi connectivity index (χ1n) is 8.58. The number of fused-ring (bicyclic) bond motifs is 1. The Kier molecular flexibility index (Phi) is 4.79. The summed E-state index contributed by atoms with van der Waals surface area (Å²) < 4.78 is 0. The van der Waals surface area contributed by atoms with Crippen molar-refractivity contribution in [3.05, 3.63) is 70.8 Å². The molecule has 0 aliphatic heterocycles. The Bertz CT molecular complexity index is 632. The van der Waals surface area contributed by atoms with Crippen molar-refractivity contribution < 1.29 is 0 Å². The minimum Gasteiger partial charge on any atom is -0.309 e. The second-order valence-corrected chi connectivity index (χ2v) is 7.23. The van der Waals surface area contributed by atoms with Gasteiger partial charge in [-0.25, -0.2) is 0 Å². The van der Waals surface area contributed by atoms with Crippen molar-refractivity contribution in [1.29, 1.82) is 0 Å². The van der Waals surface area contributed by atoms with Crippen molar-refractivity contribution in [3.8, 4) is 0 Å². The first-order valence-corrected chi connectivity index (χ1v) is 8.58. The molecule has 0 aromatic heterocycles. The Labute approximate surface area is 146 Å². The topological polar surface area (TPSA) is 3.24 Å². The van der Waals surface area contributed by atoms with E-state index in [1.807, 2.05) is 0 Å². The Morgan fingerprint density at radius 3 is 1.91 bits per heavy atom. The standard InChI is InChI=1S/C21H25N.ClH/c1-22(2)13-7-8-15-14-20-16-9-3-5-11-18(16)21(15)19-12-6-4-10-17(19)20;/h3-6,9-12,15,20-21H,7-8,13-14H2,1-2H3;1H. The molecule has 0 amide bonds. The summed E-state index contributed by atoms with van der Waals surface area (Å²) in [5, 5.41) is 0. The quantitative estimate of drug-likeness (QED) is 0.759. The molecule has 5 rings (SSSR count). The molecule has 0 N–H and O–H groups in total. The van der Waals surface area contributed by atoms with E-state index in [-0.39, 0.29) is 12.4 Å². The first kappa shape index (κ1) is 16.5. The summed E-state index contributed by atoms with van der Waals surface area (Å²) in [5.41, 5.74) is 6.39. The molecule has 1 unspecified atom stereocenters. The van der Waals surface area contributed by atoms with Gasteiger partial charge in [-0.2, -0.15) is 0 Å². The molecule has 2 heteroatoms. The third-order valence-corrected chi connectivity index (χ3v) is 5.60. The monoisotopic (exact) mass is 327 g/mol. The van der Waals surface area contributed by atoms with Crippen LogP contribution < -0.4 is 0 Å². The molecular formula is C21H26ClN. The van der Waals surface area contributed by atoms with Gasteiger partial charge >= 0.3 is 0 Å². The molecule has 0 fully saturated rings. The lowest BCUT2D eigenvalue weighted by Gasteiger charge is -2.45. The number of hydrogen-bond acceptors (Lipinski definition) is 1. The van der Waals surface area contributed by atoms with Crippen LogP contribution in [0.15, 0.2) is 48.5 Å². The SMILES string of the molecule is CN(C)CCCC1CC2c3ccccc3C1c1ccccc12.Cl. The first-order chi connectivity index (χ1) is 10.8. The van der Waals surface area contributed by atoms with E-state index in [1.165, 1.54) is 25.8 Å². The second-order valence-electron chi connectivity index (χ2n) is 7.23. The fourth-order valence-corrected chi connectivity index (χ4v) is 4.71. The molecule has 23 heavy (non-hydrogen) atoms. The summed E-state index contributed by atoms with van der Waals surface area (Å²) in [5.74, 6) is 2.07. The molecule has 0 heterocycles. The average molecular weight is 328 g/mol. The van der Waals surface area contributed by atoms with Gasteiger partial charge in [0.1, 0.15) is 0 Å². The molecule has 2 aromatic rings. The van der Waals surface area contributed by atoms with Crippen LogP contribution in [-0.4, -0.2) is 25.5 Å². The van der Waals surface area contributed by atoms with E-state index in [2.05, 4.69) is 67.5 Å². The van der Waals surface area contributed by atoms with Crippen LogP contribution in [0, 0.1) is 5.92 Å². The van der Waals surface area contributed by atoms with Gasteiger partial charge in [0, 0.05) is 11.8 Å². The van der Waals surface area contributed by atoms with Gasteiger partial charge in [0.05, 0.1) is 0 Å². The van der Waals surface area contributed by atoms with Gasteiger partial charge in [-0.3, -0.25) is 0 Å². The zero-order valence-electron chi connectivity index (χ0n) is 14.0. The van der Waals surface area contributed by atoms with Crippen LogP contribution in [0.1, 0.15) is 53.4 Å². The van der Waals surface area contributed by atoms with E-state index in [1.54, 1.807) is 22.3 Å². The fraction of sp³-hybridized carbons (Fsp3) is 0.429. The zero-order valence-corrected chi connectivity index (χ0v) is 14.9. The normalized spacial score (nSPS) is 24.0. The van der Waals surface area contributed by atoms with Crippen molar-refractivity contribution in [3.63, 3.8) is 0 Å². The van der Waals surface area contributed by atoms with Crippen LogP contribution in [0.3, 0.4) is 0 Å². The molecule has 3 aliphatic carbocycles. The van der Waals surface area contributed by atoms with Crippen molar-refractivity contribution in [2.45, 2.75) is 31.1 Å². The molecule has 1 nitrogen and oxygen atoms in total. The minimum absolute atomic E-state index is 0. The molecule has 2 bridgehead atoms. The van der Waals surface area contributed by atoms with Crippen LogP contribution in [-0.2, 0) is 0 Å². The van der Waals surface area contributed by atoms with Gasteiger partial charge in [-0.15, -0.1) is 12.4 Å². The van der Waals surface area contributed by atoms with E-state index in [0.717, 1.165) is 5.92 Å². The molecule has 2 aromatic carbocycles. The highest BCUT2D eigenvalue weighted by Crippen LogP contribution is 2.56. The number of benzene rings is 2. The minimum atomic E-state index is 0. The van der Waals surface area contributed by atoms with E-state index < -0.39 is 0 Å². The number of halogens is 1. The van der Waals surface area contributed by atoms with Crippen LogP contribution in [0.2, 0.25) is 0 Å². The Hall–Kier alpha value is -1.31. The van der Waals surface area contributed by atoms with Crippen molar-refractivity contribution >= 4 is 12.4 Å². The Balaban J connectivity index is 0.00000156. The van der Waals surface area contributed by atoms with E-state index in [0.29, 0.717) is 11.8 Å². The van der Waals surface area contributed by atoms with Crippen LogP contribution in [0.25, 0.3) is 0 Å². The maximum absolute atomic E-state index is 2.38. The van der Waals surface area contributed by atoms with Gasteiger partial charge in [0.2, 0.25) is 0 Å². The predicted molar refractivity (Wildman–Crippen MR) is 99.7 cm³/mol. The number of hydrogen-bond donors (Lipinski definition) is 0. The molecule has 0 saturated carbocycles. The van der Waals surface area contributed by atoms with Gasteiger partial charge in [-0.1, -0.05) is 48.5 Å². The van der Waals surface area contributed by atoms with Gasteiger partial charge in [0.25, 0.3) is 0 Å². The van der Waals surface area contributed by atoms with Gasteiger partial charge in [0.15, 0.2) is 0 Å². The van der Waals surface area contributed by atoms with Crippen molar-refractivity contribution in [2.24, 2.45) is 5.92 Å². The zero-order chi connectivity index (χ0) is 15.1.